The minimum Gasteiger partial charge on any atom is -0.479 e. The number of nitrogens with two attached hydrogens (primary N) is 1. The molecule has 0 atom stereocenters. The number of esters is 1. The van der Waals surface area contributed by atoms with Crippen molar-refractivity contribution in [2.75, 3.05) is 6.61 Å². The first-order valence-electron chi connectivity index (χ1n) is 6.56. The second kappa shape index (κ2) is 6.87. The molecule has 0 saturated heterocycles. The third-order valence-electron chi connectivity index (χ3n) is 2.90. The number of aryl methyl sites for hydroxylation is 1. The summed E-state index contributed by atoms with van der Waals surface area (Å²) in [4.78, 5) is 22.6. The fraction of sp³-hybridized carbons (Fsp3) is 0.125. The summed E-state index contributed by atoms with van der Waals surface area (Å²) in [5.41, 5.74) is 4.96. The van der Waals surface area contributed by atoms with Crippen molar-refractivity contribution in [2.45, 2.75) is 6.92 Å². The highest BCUT2D eigenvalue weighted by molar-refractivity contribution is 5.93. The molecule has 0 saturated carbocycles. The second-order valence-electron chi connectivity index (χ2n) is 4.67. The molecule has 2 aromatic carbocycles. The first-order valence-corrected chi connectivity index (χ1v) is 6.56. The lowest BCUT2D eigenvalue weighted by atomic mass is 10.1. The Morgan fingerprint density at radius 3 is 2.35 bits per heavy atom. The van der Waals surface area contributed by atoms with E-state index in [2.05, 4.69) is 0 Å². The standard InChI is InChI=1S/C16H13F2NO4/c1-9-2-4-10(5-3-9)23-13(20)8-22-12-7-6-11(17)14(15(12)18)16(19)21/h2-7H,8H2,1H3,(H2,19,21). The smallest absolute Gasteiger partial charge is 0.349 e. The lowest BCUT2D eigenvalue weighted by Crippen LogP contribution is -2.20. The highest BCUT2D eigenvalue weighted by atomic mass is 19.1. The Hall–Kier alpha value is -2.96. The van der Waals surface area contributed by atoms with E-state index in [4.69, 9.17) is 15.2 Å². The lowest BCUT2D eigenvalue weighted by Gasteiger charge is -2.09. The molecule has 0 bridgehead atoms. The van der Waals surface area contributed by atoms with Crippen LogP contribution in [0.1, 0.15) is 15.9 Å². The molecule has 0 aromatic heterocycles. The van der Waals surface area contributed by atoms with E-state index < -0.39 is 41.4 Å². The monoisotopic (exact) mass is 321 g/mol. The summed E-state index contributed by atoms with van der Waals surface area (Å²) in [6.45, 7) is 1.26. The van der Waals surface area contributed by atoms with E-state index in [0.717, 1.165) is 17.7 Å². The number of hydrogen-bond donors (Lipinski definition) is 1. The Balaban J connectivity index is 2.03. The number of amides is 1. The predicted molar refractivity (Wildman–Crippen MR) is 77.2 cm³/mol. The average molecular weight is 321 g/mol. The number of benzene rings is 2. The number of ether oxygens (including phenoxy) is 2. The van der Waals surface area contributed by atoms with Crippen molar-refractivity contribution in [3.8, 4) is 11.5 Å². The molecule has 5 nitrogen and oxygen atoms in total. The Morgan fingerprint density at radius 2 is 1.74 bits per heavy atom. The molecule has 2 N–H and O–H groups in total. The topological polar surface area (TPSA) is 78.6 Å². The van der Waals surface area contributed by atoms with Gasteiger partial charge in [0.1, 0.15) is 17.1 Å². The Kier molecular flexibility index (Phi) is 4.90. The van der Waals surface area contributed by atoms with Crippen LogP contribution >= 0.6 is 0 Å². The Bertz CT molecular complexity index is 744. The van der Waals surface area contributed by atoms with Gasteiger partial charge >= 0.3 is 5.97 Å². The first-order chi connectivity index (χ1) is 10.9. The van der Waals surface area contributed by atoms with Crippen LogP contribution in [0.5, 0.6) is 11.5 Å². The SMILES string of the molecule is Cc1ccc(OC(=O)COc2ccc(F)c(C(N)=O)c2F)cc1. The van der Waals surface area contributed by atoms with Crippen molar-refractivity contribution in [3.63, 3.8) is 0 Å². The van der Waals surface area contributed by atoms with Crippen molar-refractivity contribution < 1.29 is 27.8 Å². The lowest BCUT2D eigenvalue weighted by molar-refractivity contribution is -0.136. The van der Waals surface area contributed by atoms with Gasteiger partial charge in [0.25, 0.3) is 5.91 Å². The van der Waals surface area contributed by atoms with Crippen molar-refractivity contribution in [3.05, 3.63) is 59.2 Å². The molecule has 1 amide bonds. The quantitative estimate of drug-likeness (QED) is 0.677. The third-order valence-corrected chi connectivity index (χ3v) is 2.90. The van der Waals surface area contributed by atoms with E-state index in [1.165, 1.54) is 0 Å². The molecule has 23 heavy (non-hydrogen) atoms. The molecule has 0 unspecified atom stereocenters. The molecule has 0 aliphatic rings. The summed E-state index contributed by atoms with van der Waals surface area (Å²) in [7, 11) is 0. The molecule has 120 valence electrons. The van der Waals surface area contributed by atoms with E-state index in [1.54, 1.807) is 24.3 Å². The molecule has 0 fully saturated rings. The van der Waals surface area contributed by atoms with Crippen LogP contribution in [0.25, 0.3) is 0 Å². The van der Waals surface area contributed by atoms with Gasteiger partial charge in [-0.1, -0.05) is 17.7 Å². The molecule has 2 aromatic rings. The summed E-state index contributed by atoms with van der Waals surface area (Å²) in [6.07, 6.45) is 0. The van der Waals surface area contributed by atoms with Gasteiger partial charge in [-0.25, -0.2) is 13.6 Å². The second-order valence-corrected chi connectivity index (χ2v) is 4.67. The van der Waals surface area contributed by atoms with Gasteiger partial charge in [0.2, 0.25) is 0 Å². The molecule has 2 rings (SSSR count). The van der Waals surface area contributed by atoms with E-state index in [0.29, 0.717) is 5.75 Å². The van der Waals surface area contributed by atoms with Crippen LogP contribution in [-0.4, -0.2) is 18.5 Å². The fourth-order valence-corrected chi connectivity index (χ4v) is 1.77. The zero-order chi connectivity index (χ0) is 17.0. The summed E-state index contributed by atoms with van der Waals surface area (Å²) >= 11 is 0. The maximum absolute atomic E-state index is 13.9. The van der Waals surface area contributed by atoms with E-state index in [-0.39, 0.29) is 0 Å². The molecule has 7 heteroatoms. The highest BCUT2D eigenvalue weighted by Gasteiger charge is 2.20. The predicted octanol–water partition coefficient (Wildman–Crippen LogP) is 2.36. The van der Waals surface area contributed by atoms with Crippen LogP contribution < -0.4 is 15.2 Å². The van der Waals surface area contributed by atoms with E-state index in [9.17, 15) is 18.4 Å². The van der Waals surface area contributed by atoms with Crippen LogP contribution in [0.4, 0.5) is 8.78 Å². The Morgan fingerprint density at radius 1 is 1.09 bits per heavy atom. The number of carbonyl (C=O) groups is 2. The van der Waals surface area contributed by atoms with Crippen molar-refractivity contribution in [1.82, 2.24) is 0 Å². The van der Waals surface area contributed by atoms with Gasteiger partial charge in [-0.05, 0) is 31.2 Å². The van der Waals surface area contributed by atoms with Gasteiger partial charge in [-0.2, -0.15) is 0 Å². The number of rotatable bonds is 5. The van der Waals surface area contributed by atoms with Gasteiger partial charge in [-0.15, -0.1) is 0 Å². The minimum atomic E-state index is -1.27. The zero-order valence-electron chi connectivity index (χ0n) is 12.1. The average Bonchev–Trinajstić information content (AvgIpc) is 2.48. The summed E-state index contributed by atoms with van der Waals surface area (Å²) < 4.78 is 37.1. The van der Waals surface area contributed by atoms with E-state index in [1.807, 2.05) is 6.92 Å². The van der Waals surface area contributed by atoms with Gasteiger partial charge < -0.3 is 15.2 Å². The van der Waals surface area contributed by atoms with E-state index >= 15 is 0 Å². The van der Waals surface area contributed by atoms with Crippen LogP contribution in [0.15, 0.2) is 36.4 Å². The number of hydrogen-bond acceptors (Lipinski definition) is 4. The number of carbonyl (C=O) groups excluding carboxylic acids is 2. The molecular weight excluding hydrogens is 308 g/mol. The molecule has 0 radical (unpaired) electrons. The van der Waals surface area contributed by atoms with Gasteiger partial charge in [0, 0.05) is 0 Å². The molecule has 0 heterocycles. The third kappa shape index (κ3) is 4.03. The number of primary amides is 1. The van der Waals surface area contributed by atoms with Crippen LogP contribution in [0.2, 0.25) is 0 Å². The van der Waals surface area contributed by atoms with Gasteiger partial charge in [0.15, 0.2) is 18.2 Å². The van der Waals surface area contributed by atoms with Gasteiger partial charge in [0.05, 0.1) is 0 Å². The maximum atomic E-state index is 13.9. The summed E-state index contributed by atoms with van der Waals surface area (Å²) in [5.74, 6) is -4.58. The minimum absolute atomic E-state index is 0.307. The normalized spacial score (nSPS) is 10.2. The maximum Gasteiger partial charge on any atom is 0.349 e. The molecule has 0 spiro atoms. The van der Waals surface area contributed by atoms with Crippen molar-refractivity contribution in [2.24, 2.45) is 5.73 Å². The van der Waals surface area contributed by atoms with Crippen LogP contribution in [0.3, 0.4) is 0 Å². The summed E-state index contributed by atoms with van der Waals surface area (Å²) in [6, 6.07) is 8.47. The van der Waals surface area contributed by atoms with Crippen LogP contribution in [0, 0.1) is 18.6 Å². The highest BCUT2D eigenvalue weighted by Crippen LogP contribution is 2.23. The molecule has 0 aliphatic heterocycles. The van der Waals surface area contributed by atoms with Crippen LogP contribution in [-0.2, 0) is 4.79 Å². The van der Waals surface area contributed by atoms with Gasteiger partial charge in [-0.3, -0.25) is 4.79 Å². The largest absolute Gasteiger partial charge is 0.479 e. The fourth-order valence-electron chi connectivity index (χ4n) is 1.77. The molecule has 0 aliphatic carbocycles. The summed E-state index contributed by atoms with van der Waals surface area (Å²) in [5, 5.41) is 0. The zero-order valence-corrected chi connectivity index (χ0v) is 12.1. The van der Waals surface area contributed by atoms with Crippen molar-refractivity contribution >= 4 is 11.9 Å². The number of halogens is 2. The Labute approximate surface area is 130 Å². The first kappa shape index (κ1) is 16.4. The van der Waals surface area contributed by atoms with Crippen molar-refractivity contribution in [1.29, 1.82) is 0 Å². The molecular formula is C16H13F2NO4.